The normalized spacial score (nSPS) is 10.7. The number of hydrogen-bond donors (Lipinski definition) is 0. The summed E-state index contributed by atoms with van der Waals surface area (Å²) in [5, 5.41) is 0. The van der Waals surface area contributed by atoms with Gasteiger partial charge in [0, 0.05) is 14.2 Å². The summed E-state index contributed by atoms with van der Waals surface area (Å²) in [6.07, 6.45) is 1.87. The smallest absolute Gasteiger partial charge is 0.0502 e. The summed E-state index contributed by atoms with van der Waals surface area (Å²) in [4.78, 5) is 0. The van der Waals surface area contributed by atoms with Crippen LogP contribution in [-0.2, 0) is 22.3 Å². The lowest BCUT2D eigenvalue weighted by Crippen LogP contribution is -2.04. The van der Waals surface area contributed by atoms with Crippen molar-refractivity contribution in [3.8, 4) is 11.1 Å². The number of benzene rings is 2. The van der Waals surface area contributed by atoms with Gasteiger partial charge in [0.15, 0.2) is 0 Å². The molecule has 0 bridgehead atoms. The van der Waals surface area contributed by atoms with Gasteiger partial charge in [-0.25, -0.2) is 0 Å². The molecule has 2 heteroatoms. The second-order valence-corrected chi connectivity index (χ2v) is 4.79. The maximum atomic E-state index is 5.26. The van der Waals surface area contributed by atoms with E-state index in [1.807, 2.05) is 6.07 Å². The van der Waals surface area contributed by atoms with Crippen molar-refractivity contribution in [3.63, 3.8) is 0 Å². The van der Waals surface area contributed by atoms with Crippen LogP contribution in [0.25, 0.3) is 11.1 Å². The Hall–Kier alpha value is -1.64. The van der Waals surface area contributed by atoms with Gasteiger partial charge in [0.25, 0.3) is 0 Å². The van der Waals surface area contributed by atoms with E-state index in [1.54, 1.807) is 14.2 Å². The van der Waals surface area contributed by atoms with Gasteiger partial charge in [0.2, 0.25) is 0 Å². The fourth-order valence-electron chi connectivity index (χ4n) is 2.47. The van der Waals surface area contributed by atoms with Crippen molar-refractivity contribution in [2.75, 3.05) is 27.4 Å². The molecule has 0 spiro atoms. The quantitative estimate of drug-likeness (QED) is 0.763. The summed E-state index contributed by atoms with van der Waals surface area (Å²) in [5.41, 5.74) is 5.29. The molecule has 0 radical (unpaired) electrons. The first-order chi connectivity index (χ1) is 9.86. The van der Waals surface area contributed by atoms with Crippen LogP contribution < -0.4 is 0 Å². The van der Waals surface area contributed by atoms with Gasteiger partial charge >= 0.3 is 0 Å². The van der Waals surface area contributed by atoms with Gasteiger partial charge in [0.1, 0.15) is 0 Å². The molecule has 20 heavy (non-hydrogen) atoms. The second-order valence-electron chi connectivity index (χ2n) is 4.79. The van der Waals surface area contributed by atoms with Crippen LogP contribution in [0, 0.1) is 0 Å². The van der Waals surface area contributed by atoms with E-state index in [4.69, 9.17) is 9.47 Å². The number of methoxy groups -OCH3 is 2. The van der Waals surface area contributed by atoms with Crippen molar-refractivity contribution in [2.45, 2.75) is 12.8 Å². The summed E-state index contributed by atoms with van der Waals surface area (Å²) in [6.45, 7) is 1.49. The Labute approximate surface area is 121 Å². The standard InChI is InChI=1S/C18H22O2/c1-19-13-11-16-9-6-10-17(18(16)12-14-20-2)15-7-4-3-5-8-15/h3-10H,11-14H2,1-2H3. The van der Waals surface area contributed by atoms with Crippen LogP contribution in [0.2, 0.25) is 0 Å². The van der Waals surface area contributed by atoms with Gasteiger partial charge in [-0.3, -0.25) is 0 Å². The van der Waals surface area contributed by atoms with E-state index in [0.717, 1.165) is 26.1 Å². The highest BCUT2D eigenvalue weighted by molar-refractivity contribution is 5.68. The molecule has 0 aliphatic heterocycles. The largest absolute Gasteiger partial charge is 0.384 e. The highest BCUT2D eigenvalue weighted by Gasteiger charge is 2.09. The molecular weight excluding hydrogens is 248 g/mol. The van der Waals surface area contributed by atoms with E-state index in [1.165, 1.54) is 22.3 Å². The lowest BCUT2D eigenvalue weighted by atomic mass is 9.92. The monoisotopic (exact) mass is 270 g/mol. The van der Waals surface area contributed by atoms with Crippen molar-refractivity contribution in [2.24, 2.45) is 0 Å². The SMILES string of the molecule is COCCc1cccc(-c2ccccc2)c1CCOC. The molecule has 2 aromatic rings. The predicted molar refractivity (Wildman–Crippen MR) is 83.0 cm³/mol. The Bertz CT molecular complexity index is 520. The van der Waals surface area contributed by atoms with Gasteiger partial charge < -0.3 is 9.47 Å². The fraction of sp³-hybridized carbons (Fsp3) is 0.333. The average Bonchev–Trinajstić information content (AvgIpc) is 2.52. The summed E-state index contributed by atoms with van der Waals surface area (Å²) in [7, 11) is 3.50. The maximum Gasteiger partial charge on any atom is 0.0502 e. The highest BCUT2D eigenvalue weighted by Crippen LogP contribution is 2.27. The van der Waals surface area contributed by atoms with Crippen LogP contribution in [-0.4, -0.2) is 27.4 Å². The zero-order chi connectivity index (χ0) is 14.2. The predicted octanol–water partition coefficient (Wildman–Crippen LogP) is 3.73. The van der Waals surface area contributed by atoms with Crippen molar-refractivity contribution in [1.29, 1.82) is 0 Å². The van der Waals surface area contributed by atoms with E-state index < -0.39 is 0 Å². The topological polar surface area (TPSA) is 18.5 Å². The molecule has 2 aromatic carbocycles. The molecule has 2 nitrogen and oxygen atoms in total. The van der Waals surface area contributed by atoms with Gasteiger partial charge in [-0.2, -0.15) is 0 Å². The second kappa shape index (κ2) is 7.83. The third-order valence-corrected chi connectivity index (χ3v) is 3.49. The first kappa shape index (κ1) is 14.8. The Balaban J connectivity index is 2.39. The molecule has 0 saturated carbocycles. The Morgan fingerprint density at radius 1 is 0.750 bits per heavy atom. The Kier molecular flexibility index (Phi) is 5.78. The first-order valence-corrected chi connectivity index (χ1v) is 7.01. The summed E-state index contributed by atoms with van der Waals surface area (Å²) < 4.78 is 10.5. The molecule has 0 amide bonds. The lowest BCUT2D eigenvalue weighted by molar-refractivity contribution is 0.198. The van der Waals surface area contributed by atoms with Crippen LogP contribution >= 0.6 is 0 Å². The molecule has 0 atom stereocenters. The van der Waals surface area contributed by atoms with Crippen molar-refractivity contribution >= 4 is 0 Å². The molecule has 0 saturated heterocycles. The summed E-state index contributed by atoms with van der Waals surface area (Å²) in [5.74, 6) is 0. The minimum Gasteiger partial charge on any atom is -0.384 e. The van der Waals surface area contributed by atoms with Crippen LogP contribution in [0.15, 0.2) is 48.5 Å². The molecule has 0 unspecified atom stereocenters. The number of hydrogen-bond acceptors (Lipinski definition) is 2. The molecule has 0 aliphatic carbocycles. The zero-order valence-electron chi connectivity index (χ0n) is 12.3. The van der Waals surface area contributed by atoms with E-state index >= 15 is 0 Å². The van der Waals surface area contributed by atoms with Crippen molar-refractivity contribution in [3.05, 3.63) is 59.7 Å². The average molecular weight is 270 g/mol. The van der Waals surface area contributed by atoms with E-state index in [-0.39, 0.29) is 0 Å². The highest BCUT2D eigenvalue weighted by atomic mass is 16.5. The molecule has 0 aliphatic rings. The van der Waals surface area contributed by atoms with Crippen LogP contribution in [0.4, 0.5) is 0 Å². The summed E-state index contributed by atoms with van der Waals surface area (Å²) >= 11 is 0. The lowest BCUT2D eigenvalue weighted by Gasteiger charge is -2.15. The molecular formula is C18H22O2. The molecule has 0 fully saturated rings. The molecule has 0 aromatic heterocycles. The van der Waals surface area contributed by atoms with Crippen molar-refractivity contribution < 1.29 is 9.47 Å². The number of rotatable bonds is 7. The third kappa shape index (κ3) is 3.69. The van der Waals surface area contributed by atoms with Crippen molar-refractivity contribution in [1.82, 2.24) is 0 Å². The minimum absolute atomic E-state index is 0.740. The third-order valence-electron chi connectivity index (χ3n) is 3.49. The van der Waals surface area contributed by atoms with Crippen LogP contribution in [0.1, 0.15) is 11.1 Å². The minimum atomic E-state index is 0.740. The van der Waals surface area contributed by atoms with Crippen LogP contribution in [0.5, 0.6) is 0 Å². The molecule has 0 heterocycles. The van der Waals surface area contributed by atoms with E-state index in [0.29, 0.717) is 0 Å². The molecule has 106 valence electrons. The van der Waals surface area contributed by atoms with E-state index in [9.17, 15) is 0 Å². The molecule has 2 rings (SSSR count). The molecule has 0 N–H and O–H groups in total. The van der Waals surface area contributed by atoms with Gasteiger partial charge in [-0.1, -0.05) is 48.5 Å². The summed E-state index contributed by atoms with van der Waals surface area (Å²) in [6, 6.07) is 17.0. The maximum absolute atomic E-state index is 5.26. The van der Waals surface area contributed by atoms with Gasteiger partial charge in [-0.05, 0) is 35.1 Å². The van der Waals surface area contributed by atoms with Crippen LogP contribution in [0.3, 0.4) is 0 Å². The fourth-order valence-corrected chi connectivity index (χ4v) is 2.47. The first-order valence-electron chi connectivity index (χ1n) is 7.01. The Morgan fingerprint density at radius 3 is 2.15 bits per heavy atom. The van der Waals surface area contributed by atoms with Gasteiger partial charge in [0.05, 0.1) is 13.2 Å². The zero-order valence-corrected chi connectivity index (χ0v) is 12.3. The van der Waals surface area contributed by atoms with Gasteiger partial charge in [-0.15, -0.1) is 0 Å². The Morgan fingerprint density at radius 2 is 1.45 bits per heavy atom. The number of ether oxygens (including phenoxy) is 2. The van der Waals surface area contributed by atoms with E-state index in [2.05, 4.69) is 42.5 Å².